The fourth-order valence-electron chi connectivity index (χ4n) is 2.00. The molecule has 2 aromatic carbocycles. The summed E-state index contributed by atoms with van der Waals surface area (Å²) < 4.78 is 0. The molecule has 21 heavy (non-hydrogen) atoms. The van der Waals surface area contributed by atoms with E-state index in [0.717, 1.165) is 16.7 Å². The number of nitriles is 1. The van der Waals surface area contributed by atoms with Gasteiger partial charge in [-0.1, -0.05) is 23.7 Å². The Balaban J connectivity index is 1.82. The van der Waals surface area contributed by atoms with E-state index in [0.29, 0.717) is 22.8 Å². The third kappa shape index (κ3) is 2.93. The normalized spacial score (nSPS) is 10.3. The van der Waals surface area contributed by atoms with E-state index in [2.05, 4.69) is 21.4 Å². The molecule has 0 atom stereocenters. The summed E-state index contributed by atoms with van der Waals surface area (Å²) in [6.45, 7) is 0.492. The zero-order valence-corrected chi connectivity index (χ0v) is 11.8. The van der Waals surface area contributed by atoms with Crippen molar-refractivity contribution < 1.29 is 0 Å². The van der Waals surface area contributed by atoms with E-state index in [1.807, 2.05) is 24.3 Å². The number of nitrogens with one attached hydrogen (secondary N) is 1. The first kappa shape index (κ1) is 13.3. The smallest absolute Gasteiger partial charge is 0.0992 e. The molecule has 0 fully saturated rings. The second kappa shape index (κ2) is 5.78. The van der Waals surface area contributed by atoms with Crippen LogP contribution >= 0.6 is 11.6 Å². The third-order valence-electron chi connectivity index (χ3n) is 3.05. The first-order chi connectivity index (χ1) is 10.3. The number of fused-ring (bicyclic) bond motifs is 1. The SMILES string of the molecule is N#Cc1ccc(Cl)c(NCc2cnc3ccccc3n2)c1. The van der Waals surface area contributed by atoms with Crippen molar-refractivity contribution in [3.8, 4) is 6.07 Å². The van der Waals surface area contributed by atoms with Gasteiger partial charge in [0.2, 0.25) is 0 Å². The highest BCUT2D eigenvalue weighted by atomic mass is 35.5. The first-order valence-electron chi connectivity index (χ1n) is 6.40. The molecule has 5 heteroatoms. The molecule has 0 aliphatic heterocycles. The summed E-state index contributed by atoms with van der Waals surface area (Å²) in [5.74, 6) is 0. The van der Waals surface area contributed by atoms with Crippen molar-refractivity contribution in [3.05, 3.63) is 64.9 Å². The van der Waals surface area contributed by atoms with Crippen LogP contribution in [-0.4, -0.2) is 9.97 Å². The van der Waals surface area contributed by atoms with E-state index in [-0.39, 0.29) is 0 Å². The fourth-order valence-corrected chi connectivity index (χ4v) is 2.18. The number of benzene rings is 2. The Labute approximate surface area is 127 Å². The summed E-state index contributed by atoms with van der Waals surface area (Å²) >= 11 is 6.11. The summed E-state index contributed by atoms with van der Waals surface area (Å²) in [6, 6.07) is 14.9. The first-order valence-corrected chi connectivity index (χ1v) is 6.78. The Bertz CT molecular complexity index is 839. The maximum Gasteiger partial charge on any atom is 0.0992 e. The van der Waals surface area contributed by atoms with Crippen LogP contribution in [0.15, 0.2) is 48.7 Å². The number of hydrogen-bond acceptors (Lipinski definition) is 4. The lowest BCUT2D eigenvalue weighted by molar-refractivity contribution is 1.04. The van der Waals surface area contributed by atoms with Crippen molar-refractivity contribution in [3.63, 3.8) is 0 Å². The fraction of sp³-hybridized carbons (Fsp3) is 0.0625. The van der Waals surface area contributed by atoms with Crippen molar-refractivity contribution in [2.75, 3.05) is 5.32 Å². The molecular weight excluding hydrogens is 284 g/mol. The molecule has 0 radical (unpaired) electrons. The van der Waals surface area contributed by atoms with Crippen molar-refractivity contribution >= 4 is 28.3 Å². The van der Waals surface area contributed by atoms with E-state index in [9.17, 15) is 0 Å². The Morgan fingerprint density at radius 2 is 1.95 bits per heavy atom. The number of nitrogens with zero attached hydrogens (tertiary/aromatic N) is 3. The molecule has 4 nitrogen and oxygen atoms in total. The van der Waals surface area contributed by atoms with Crippen LogP contribution in [0, 0.1) is 11.3 Å². The topological polar surface area (TPSA) is 61.6 Å². The van der Waals surface area contributed by atoms with Crippen LogP contribution < -0.4 is 5.32 Å². The van der Waals surface area contributed by atoms with E-state index < -0.39 is 0 Å². The lowest BCUT2D eigenvalue weighted by Crippen LogP contribution is -2.03. The second-order valence-corrected chi connectivity index (χ2v) is 4.92. The Morgan fingerprint density at radius 1 is 1.14 bits per heavy atom. The van der Waals surface area contributed by atoms with Gasteiger partial charge in [-0.2, -0.15) is 5.26 Å². The molecule has 1 heterocycles. The minimum atomic E-state index is 0.492. The Morgan fingerprint density at radius 3 is 2.76 bits per heavy atom. The molecule has 0 spiro atoms. The highest BCUT2D eigenvalue weighted by Gasteiger charge is 2.04. The molecule has 3 aromatic rings. The van der Waals surface area contributed by atoms with Crippen LogP contribution in [0.4, 0.5) is 5.69 Å². The van der Waals surface area contributed by atoms with E-state index in [1.165, 1.54) is 0 Å². The van der Waals surface area contributed by atoms with Gasteiger partial charge in [-0.25, -0.2) is 4.98 Å². The number of aromatic nitrogens is 2. The number of halogens is 1. The molecule has 1 aromatic heterocycles. The summed E-state index contributed by atoms with van der Waals surface area (Å²) in [6.07, 6.45) is 1.73. The maximum atomic E-state index is 8.91. The van der Waals surface area contributed by atoms with Crippen LogP contribution in [0.1, 0.15) is 11.3 Å². The van der Waals surface area contributed by atoms with E-state index in [1.54, 1.807) is 24.4 Å². The van der Waals surface area contributed by atoms with Crippen LogP contribution in [0.2, 0.25) is 5.02 Å². The molecular formula is C16H11ClN4. The van der Waals surface area contributed by atoms with Crippen molar-refractivity contribution in [2.45, 2.75) is 6.54 Å². The highest BCUT2D eigenvalue weighted by molar-refractivity contribution is 6.33. The quantitative estimate of drug-likeness (QED) is 0.799. The van der Waals surface area contributed by atoms with Crippen LogP contribution in [0.3, 0.4) is 0 Å². The van der Waals surface area contributed by atoms with Crippen LogP contribution in [-0.2, 0) is 6.54 Å². The average Bonchev–Trinajstić information content (AvgIpc) is 2.54. The van der Waals surface area contributed by atoms with Gasteiger partial charge < -0.3 is 5.32 Å². The van der Waals surface area contributed by atoms with E-state index >= 15 is 0 Å². The molecule has 0 amide bonds. The van der Waals surface area contributed by atoms with Gasteiger partial charge in [0.05, 0.1) is 51.8 Å². The van der Waals surface area contributed by atoms with Crippen molar-refractivity contribution in [2.24, 2.45) is 0 Å². The zero-order valence-electron chi connectivity index (χ0n) is 11.0. The van der Waals surface area contributed by atoms with Gasteiger partial charge in [-0.05, 0) is 30.3 Å². The minimum absolute atomic E-state index is 0.492. The van der Waals surface area contributed by atoms with Gasteiger partial charge in [-0.3, -0.25) is 4.98 Å². The lowest BCUT2D eigenvalue weighted by Gasteiger charge is -2.08. The zero-order chi connectivity index (χ0) is 14.7. The predicted molar refractivity (Wildman–Crippen MR) is 83.0 cm³/mol. The van der Waals surface area contributed by atoms with Crippen LogP contribution in [0.25, 0.3) is 11.0 Å². The lowest BCUT2D eigenvalue weighted by atomic mass is 10.2. The van der Waals surface area contributed by atoms with Gasteiger partial charge in [0.15, 0.2) is 0 Å². The predicted octanol–water partition coefficient (Wildman–Crippen LogP) is 3.77. The second-order valence-electron chi connectivity index (χ2n) is 4.51. The number of anilines is 1. The third-order valence-corrected chi connectivity index (χ3v) is 3.38. The highest BCUT2D eigenvalue weighted by Crippen LogP contribution is 2.23. The number of hydrogen-bond donors (Lipinski definition) is 1. The summed E-state index contributed by atoms with van der Waals surface area (Å²) in [7, 11) is 0. The molecule has 0 bridgehead atoms. The number of rotatable bonds is 3. The maximum absolute atomic E-state index is 8.91. The van der Waals surface area contributed by atoms with Crippen LogP contribution in [0.5, 0.6) is 0 Å². The van der Waals surface area contributed by atoms with Crippen molar-refractivity contribution in [1.82, 2.24) is 9.97 Å². The molecule has 3 rings (SSSR count). The Hall–Kier alpha value is -2.64. The Kier molecular flexibility index (Phi) is 3.67. The molecule has 0 saturated heterocycles. The molecule has 1 N–H and O–H groups in total. The van der Waals surface area contributed by atoms with Crippen molar-refractivity contribution in [1.29, 1.82) is 5.26 Å². The molecule has 0 aliphatic carbocycles. The molecule has 102 valence electrons. The summed E-state index contributed by atoms with van der Waals surface area (Å²) in [5.41, 5.74) is 3.81. The average molecular weight is 295 g/mol. The summed E-state index contributed by atoms with van der Waals surface area (Å²) in [4.78, 5) is 8.89. The monoisotopic (exact) mass is 294 g/mol. The standard InChI is InChI=1S/C16H11ClN4/c17-13-6-5-11(8-18)7-16(13)20-10-12-9-19-14-3-1-2-4-15(14)21-12/h1-7,9,20H,10H2. The number of para-hydroxylation sites is 2. The largest absolute Gasteiger partial charge is 0.378 e. The van der Waals surface area contributed by atoms with Gasteiger partial charge in [0.1, 0.15) is 0 Å². The summed E-state index contributed by atoms with van der Waals surface area (Å²) in [5, 5.41) is 12.7. The molecule has 0 aliphatic rings. The van der Waals surface area contributed by atoms with Gasteiger partial charge >= 0.3 is 0 Å². The minimum Gasteiger partial charge on any atom is -0.378 e. The van der Waals surface area contributed by atoms with Gasteiger partial charge in [-0.15, -0.1) is 0 Å². The van der Waals surface area contributed by atoms with Gasteiger partial charge in [0.25, 0.3) is 0 Å². The van der Waals surface area contributed by atoms with Gasteiger partial charge in [0, 0.05) is 0 Å². The van der Waals surface area contributed by atoms with E-state index in [4.69, 9.17) is 16.9 Å². The molecule has 0 unspecified atom stereocenters. The molecule has 0 saturated carbocycles.